The van der Waals surface area contributed by atoms with Crippen LogP contribution < -0.4 is 5.32 Å². The molecule has 1 atom stereocenters. The summed E-state index contributed by atoms with van der Waals surface area (Å²) in [4.78, 5) is 32.2. The third kappa shape index (κ3) is 3.60. The van der Waals surface area contributed by atoms with E-state index in [1.807, 2.05) is 12.1 Å². The van der Waals surface area contributed by atoms with Crippen LogP contribution in [0, 0.1) is 0 Å². The summed E-state index contributed by atoms with van der Waals surface area (Å²) in [7, 11) is 0. The number of hydrogen-bond acceptors (Lipinski definition) is 4. The Kier molecular flexibility index (Phi) is 5.05. The molecule has 28 heavy (non-hydrogen) atoms. The number of anilines is 1. The summed E-state index contributed by atoms with van der Waals surface area (Å²) in [6.07, 6.45) is 4.94. The van der Waals surface area contributed by atoms with Gasteiger partial charge in [0.25, 0.3) is 5.91 Å². The lowest BCUT2D eigenvalue weighted by atomic mass is 9.95. The van der Waals surface area contributed by atoms with Gasteiger partial charge in [0.05, 0.1) is 11.3 Å². The van der Waals surface area contributed by atoms with Gasteiger partial charge in [-0.05, 0) is 68.5 Å². The highest BCUT2D eigenvalue weighted by atomic mass is 35.5. The van der Waals surface area contributed by atoms with E-state index in [2.05, 4.69) is 15.3 Å². The number of esters is 1. The van der Waals surface area contributed by atoms with Gasteiger partial charge in [-0.25, -0.2) is 9.78 Å². The second kappa shape index (κ2) is 7.64. The number of carbonyl (C=O) groups excluding carboxylic acids is 2. The average molecular weight is 398 g/mol. The average Bonchev–Trinajstić information content (AvgIpc) is 3.07. The Morgan fingerprint density at radius 3 is 2.89 bits per heavy atom. The standard InChI is InChI=1S/C21H20ClN3O3/c1-12(20(26)25-18-7-4-10-23-19(18)22)28-21(27)13-8-9-17-15(11-13)14-5-2-3-6-16(14)24-17/h4,7-12,24H,2-3,5-6H2,1H3,(H,25,26)/t12-/m1/s1. The molecule has 1 aliphatic carbocycles. The fourth-order valence-corrected chi connectivity index (χ4v) is 3.70. The third-order valence-corrected chi connectivity index (χ3v) is 5.30. The van der Waals surface area contributed by atoms with Crippen molar-refractivity contribution in [3.8, 4) is 0 Å². The van der Waals surface area contributed by atoms with Gasteiger partial charge in [-0.15, -0.1) is 0 Å². The Morgan fingerprint density at radius 1 is 1.25 bits per heavy atom. The molecule has 0 aliphatic heterocycles. The molecule has 6 nitrogen and oxygen atoms in total. The fourth-order valence-electron chi connectivity index (χ4n) is 3.53. The number of aryl methyl sites for hydroxylation is 2. The molecule has 0 radical (unpaired) electrons. The molecule has 0 unspecified atom stereocenters. The number of aromatic nitrogens is 2. The number of hydrogen-bond donors (Lipinski definition) is 2. The van der Waals surface area contributed by atoms with E-state index >= 15 is 0 Å². The quantitative estimate of drug-likeness (QED) is 0.508. The molecule has 1 aromatic carbocycles. The van der Waals surface area contributed by atoms with Crippen molar-refractivity contribution < 1.29 is 14.3 Å². The van der Waals surface area contributed by atoms with Crippen LogP contribution in [0.25, 0.3) is 10.9 Å². The molecule has 144 valence electrons. The molecular formula is C21H20ClN3O3. The van der Waals surface area contributed by atoms with E-state index < -0.39 is 18.0 Å². The number of pyridine rings is 1. The molecule has 3 aromatic rings. The number of halogens is 1. The van der Waals surface area contributed by atoms with Gasteiger partial charge >= 0.3 is 5.97 Å². The number of H-pyrrole nitrogens is 1. The number of benzene rings is 1. The minimum atomic E-state index is -0.973. The van der Waals surface area contributed by atoms with Crippen molar-refractivity contribution in [1.82, 2.24) is 9.97 Å². The zero-order valence-electron chi connectivity index (χ0n) is 15.4. The van der Waals surface area contributed by atoms with E-state index in [0.717, 1.165) is 30.2 Å². The van der Waals surface area contributed by atoms with E-state index in [1.165, 1.54) is 30.8 Å². The molecule has 0 spiro atoms. The third-order valence-electron chi connectivity index (χ3n) is 5.00. The highest BCUT2D eigenvalue weighted by molar-refractivity contribution is 6.32. The van der Waals surface area contributed by atoms with E-state index in [9.17, 15) is 9.59 Å². The van der Waals surface area contributed by atoms with Crippen molar-refractivity contribution in [3.63, 3.8) is 0 Å². The largest absolute Gasteiger partial charge is 0.449 e. The molecule has 4 rings (SSSR count). The van der Waals surface area contributed by atoms with Crippen molar-refractivity contribution in [2.45, 2.75) is 38.7 Å². The van der Waals surface area contributed by atoms with Gasteiger partial charge in [-0.3, -0.25) is 4.79 Å². The lowest BCUT2D eigenvalue weighted by Crippen LogP contribution is -2.30. The smallest absolute Gasteiger partial charge is 0.338 e. The van der Waals surface area contributed by atoms with Crippen LogP contribution in [-0.4, -0.2) is 27.9 Å². The minimum absolute atomic E-state index is 0.178. The predicted molar refractivity (Wildman–Crippen MR) is 108 cm³/mol. The summed E-state index contributed by atoms with van der Waals surface area (Å²) in [5.74, 6) is -1.00. The Bertz CT molecular complexity index is 1060. The second-order valence-corrected chi connectivity index (χ2v) is 7.29. The van der Waals surface area contributed by atoms with E-state index in [-0.39, 0.29) is 5.15 Å². The normalized spacial score (nSPS) is 14.4. The first-order valence-electron chi connectivity index (χ1n) is 9.29. The Hall–Kier alpha value is -2.86. The molecule has 7 heteroatoms. The zero-order chi connectivity index (χ0) is 19.7. The van der Waals surface area contributed by atoms with E-state index in [0.29, 0.717) is 11.3 Å². The van der Waals surface area contributed by atoms with Gasteiger partial charge in [0.2, 0.25) is 0 Å². The molecule has 2 aromatic heterocycles. The maximum atomic E-state index is 12.6. The maximum Gasteiger partial charge on any atom is 0.338 e. The molecular weight excluding hydrogens is 378 g/mol. The number of aromatic amines is 1. The molecule has 0 saturated carbocycles. The number of ether oxygens (including phenoxy) is 1. The van der Waals surface area contributed by atoms with Crippen molar-refractivity contribution in [2.24, 2.45) is 0 Å². The van der Waals surface area contributed by atoms with Crippen molar-refractivity contribution in [2.75, 3.05) is 5.32 Å². The minimum Gasteiger partial charge on any atom is -0.449 e. The van der Waals surface area contributed by atoms with Gasteiger partial charge in [-0.2, -0.15) is 0 Å². The fraction of sp³-hybridized carbons (Fsp3) is 0.286. The van der Waals surface area contributed by atoms with Crippen LogP contribution in [0.15, 0.2) is 36.5 Å². The summed E-state index contributed by atoms with van der Waals surface area (Å²) in [6.45, 7) is 1.52. The summed E-state index contributed by atoms with van der Waals surface area (Å²) in [6, 6.07) is 8.75. The number of nitrogens with zero attached hydrogens (tertiary/aromatic N) is 1. The van der Waals surface area contributed by atoms with Crippen LogP contribution in [0.5, 0.6) is 0 Å². The lowest BCUT2D eigenvalue weighted by molar-refractivity contribution is -0.123. The van der Waals surface area contributed by atoms with Crippen LogP contribution in [0.2, 0.25) is 5.15 Å². The van der Waals surface area contributed by atoms with Crippen LogP contribution in [-0.2, 0) is 22.4 Å². The Labute approximate surface area is 167 Å². The molecule has 2 N–H and O–H groups in total. The number of carbonyl (C=O) groups is 2. The van der Waals surface area contributed by atoms with Crippen molar-refractivity contribution in [1.29, 1.82) is 0 Å². The number of fused-ring (bicyclic) bond motifs is 3. The van der Waals surface area contributed by atoms with Crippen LogP contribution >= 0.6 is 11.6 Å². The Balaban J connectivity index is 1.48. The molecule has 0 fully saturated rings. The van der Waals surface area contributed by atoms with Gasteiger partial charge in [0.15, 0.2) is 11.3 Å². The topological polar surface area (TPSA) is 84.1 Å². The highest BCUT2D eigenvalue weighted by Gasteiger charge is 2.21. The number of rotatable bonds is 4. The summed E-state index contributed by atoms with van der Waals surface area (Å²) < 4.78 is 5.36. The highest BCUT2D eigenvalue weighted by Crippen LogP contribution is 2.30. The van der Waals surface area contributed by atoms with E-state index in [1.54, 1.807) is 18.2 Å². The van der Waals surface area contributed by atoms with Gasteiger partial charge in [-0.1, -0.05) is 11.6 Å². The second-order valence-electron chi connectivity index (χ2n) is 6.93. The molecule has 0 bridgehead atoms. The Morgan fingerprint density at radius 2 is 2.07 bits per heavy atom. The molecule has 0 saturated heterocycles. The first-order chi connectivity index (χ1) is 13.5. The summed E-state index contributed by atoms with van der Waals surface area (Å²) >= 11 is 5.94. The van der Waals surface area contributed by atoms with Crippen LogP contribution in [0.1, 0.15) is 41.4 Å². The van der Waals surface area contributed by atoms with Gasteiger partial charge < -0.3 is 15.0 Å². The SMILES string of the molecule is C[C@@H](OC(=O)c1ccc2[nH]c3c(c2c1)CCCC3)C(=O)Nc1cccnc1Cl. The first kappa shape index (κ1) is 18.5. The number of amides is 1. The van der Waals surface area contributed by atoms with Crippen LogP contribution in [0.3, 0.4) is 0 Å². The number of nitrogens with one attached hydrogen (secondary N) is 2. The van der Waals surface area contributed by atoms with Crippen molar-refractivity contribution in [3.05, 3.63) is 58.5 Å². The predicted octanol–water partition coefficient (Wildman–Crippen LogP) is 4.28. The summed E-state index contributed by atoms with van der Waals surface area (Å²) in [5.41, 5.74) is 4.37. The first-order valence-corrected chi connectivity index (χ1v) is 9.66. The summed E-state index contributed by atoms with van der Waals surface area (Å²) in [5, 5.41) is 3.85. The lowest BCUT2D eigenvalue weighted by Gasteiger charge is -2.14. The molecule has 2 heterocycles. The zero-order valence-corrected chi connectivity index (χ0v) is 16.2. The van der Waals surface area contributed by atoms with Gasteiger partial charge in [0, 0.05) is 22.8 Å². The maximum absolute atomic E-state index is 12.6. The van der Waals surface area contributed by atoms with Gasteiger partial charge in [0.1, 0.15) is 0 Å². The van der Waals surface area contributed by atoms with E-state index in [4.69, 9.17) is 16.3 Å². The van der Waals surface area contributed by atoms with Crippen molar-refractivity contribution >= 4 is 40.1 Å². The molecule has 1 amide bonds. The monoisotopic (exact) mass is 397 g/mol. The van der Waals surface area contributed by atoms with Crippen LogP contribution in [0.4, 0.5) is 5.69 Å². The molecule has 1 aliphatic rings.